The first-order chi connectivity index (χ1) is 14.9. The monoisotopic (exact) mass is 425 g/mol. The quantitative estimate of drug-likeness (QED) is 0.818. The van der Waals surface area contributed by atoms with Crippen LogP contribution in [0.1, 0.15) is 75.4 Å². The van der Waals surface area contributed by atoms with Gasteiger partial charge in [0, 0.05) is 37.4 Å². The summed E-state index contributed by atoms with van der Waals surface area (Å²) in [6.07, 6.45) is 6.60. The highest BCUT2D eigenvalue weighted by molar-refractivity contribution is 5.80. The molecule has 4 heterocycles. The summed E-state index contributed by atoms with van der Waals surface area (Å²) in [4.78, 5) is 47.3. The minimum absolute atomic E-state index is 0.0570. The molecule has 2 fully saturated rings. The number of rotatable bonds is 3. The zero-order valence-corrected chi connectivity index (χ0v) is 18.4. The summed E-state index contributed by atoms with van der Waals surface area (Å²) in [6.45, 7) is 5.57. The van der Waals surface area contributed by atoms with Crippen LogP contribution in [0, 0.1) is 11.8 Å². The second kappa shape index (κ2) is 7.80. The first-order valence-corrected chi connectivity index (χ1v) is 11.7. The minimum Gasteiger partial charge on any atom is -0.337 e. The summed E-state index contributed by atoms with van der Waals surface area (Å²) in [7, 11) is 0. The highest BCUT2D eigenvalue weighted by Crippen LogP contribution is 2.32. The molecule has 2 amide bonds. The largest absolute Gasteiger partial charge is 0.337 e. The lowest BCUT2D eigenvalue weighted by Gasteiger charge is -2.36. The van der Waals surface area contributed by atoms with Crippen LogP contribution in [-0.4, -0.2) is 49.3 Å². The average molecular weight is 426 g/mol. The molecule has 3 aliphatic rings. The molecule has 1 saturated heterocycles. The van der Waals surface area contributed by atoms with E-state index in [-0.39, 0.29) is 35.3 Å². The number of H-pyrrole nitrogens is 1. The lowest BCUT2D eigenvalue weighted by molar-refractivity contribution is -0.139. The summed E-state index contributed by atoms with van der Waals surface area (Å²) in [5, 5.41) is 3.24. The van der Waals surface area contributed by atoms with Gasteiger partial charge in [-0.05, 0) is 32.1 Å². The summed E-state index contributed by atoms with van der Waals surface area (Å²) < 4.78 is 1.50. The second-order valence-electron chi connectivity index (χ2n) is 9.58. The molecule has 0 bridgehead atoms. The number of nitrogens with one attached hydrogen (secondary N) is 1. The Balaban J connectivity index is 1.47. The van der Waals surface area contributed by atoms with Crippen molar-refractivity contribution in [1.29, 1.82) is 0 Å². The zero-order chi connectivity index (χ0) is 21.7. The number of carbonyl (C=O) groups excluding carboxylic acids is 2. The molecule has 1 atom stereocenters. The van der Waals surface area contributed by atoms with Gasteiger partial charge in [0.05, 0.1) is 29.5 Å². The van der Waals surface area contributed by atoms with Crippen molar-refractivity contribution in [2.24, 2.45) is 11.8 Å². The van der Waals surface area contributed by atoms with Gasteiger partial charge in [0.1, 0.15) is 0 Å². The number of amides is 2. The third-order valence-corrected chi connectivity index (χ3v) is 7.19. The Bertz CT molecular complexity index is 1080. The van der Waals surface area contributed by atoms with Crippen molar-refractivity contribution in [2.45, 2.75) is 71.4 Å². The molecular formula is C23H31N5O3. The normalized spacial score (nSPS) is 22.0. The molecule has 1 N–H and O–H groups in total. The van der Waals surface area contributed by atoms with Crippen molar-refractivity contribution in [1.82, 2.24) is 24.4 Å². The fourth-order valence-electron chi connectivity index (χ4n) is 5.12. The predicted octanol–water partition coefficient (Wildman–Crippen LogP) is 2.42. The molecule has 8 nitrogen and oxygen atoms in total. The van der Waals surface area contributed by atoms with Crippen LogP contribution in [0.15, 0.2) is 10.9 Å². The number of hydrogen-bond donors (Lipinski definition) is 1. The van der Waals surface area contributed by atoms with Gasteiger partial charge in [-0.2, -0.15) is 0 Å². The van der Waals surface area contributed by atoms with Crippen LogP contribution in [0.25, 0.3) is 5.65 Å². The van der Waals surface area contributed by atoms with E-state index in [1.807, 2.05) is 29.7 Å². The standard InChI is InChI=1S/C23H31N5O3/c1-14(2)21(29)27-10-4-3-8-19(27)18-12-20-24-17-9-11-26(22(30)15-6-5-7-15)13-16(17)23(31)28(20)25-18/h12,14-15,19,25H,3-11,13H2,1-2H3/t19-/m1/s1. The van der Waals surface area contributed by atoms with E-state index in [0.29, 0.717) is 30.7 Å². The molecule has 1 saturated carbocycles. The van der Waals surface area contributed by atoms with Crippen LogP contribution < -0.4 is 5.56 Å². The lowest BCUT2D eigenvalue weighted by Crippen LogP contribution is -2.44. The Hall–Kier alpha value is -2.64. The maximum Gasteiger partial charge on any atom is 0.277 e. The van der Waals surface area contributed by atoms with Crippen LogP contribution in [0.2, 0.25) is 0 Å². The van der Waals surface area contributed by atoms with Crippen LogP contribution in [-0.2, 0) is 22.6 Å². The molecule has 5 rings (SSSR count). The Labute approximate surface area is 181 Å². The van der Waals surface area contributed by atoms with E-state index in [2.05, 4.69) is 5.10 Å². The predicted molar refractivity (Wildman–Crippen MR) is 115 cm³/mol. The number of likely N-dealkylation sites (tertiary alicyclic amines) is 1. The van der Waals surface area contributed by atoms with Crippen molar-refractivity contribution < 1.29 is 9.59 Å². The van der Waals surface area contributed by atoms with E-state index < -0.39 is 0 Å². The maximum absolute atomic E-state index is 13.3. The Morgan fingerprint density at radius 3 is 2.65 bits per heavy atom. The Kier molecular flexibility index (Phi) is 5.10. The number of carbonyl (C=O) groups is 2. The molecule has 2 aromatic heterocycles. The van der Waals surface area contributed by atoms with Crippen LogP contribution in [0.4, 0.5) is 0 Å². The van der Waals surface area contributed by atoms with Crippen LogP contribution >= 0.6 is 0 Å². The van der Waals surface area contributed by atoms with E-state index in [4.69, 9.17) is 4.98 Å². The number of nitrogens with zero attached hydrogens (tertiary/aromatic N) is 4. The van der Waals surface area contributed by atoms with Crippen LogP contribution in [0.3, 0.4) is 0 Å². The number of fused-ring (bicyclic) bond motifs is 2. The van der Waals surface area contributed by atoms with E-state index in [1.54, 1.807) is 0 Å². The topological polar surface area (TPSA) is 90.8 Å². The summed E-state index contributed by atoms with van der Waals surface area (Å²) in [6, 6.07) is 1.86. The molecule has 2 aromatic rings. The molecule has 2 aliphatic heterocycles. The fourth-order valence-corrected chi connectivity index (χ4v) is 5.12. The van der Waals surface area contributed by atoms with Crippen molar-refractivity contribution in [2.75, 3.05) is 13.1 Å². The smallest absolute Gasteiger partial charge is 0.277 e. The first kappa shape index (κ1) is 20.3. The van der Waals surface area contributed by atoms with Crippen LogP contribution in [0.5, 0.6) is 0 Å². The number of piperidine rings is 1. The SMILES string of the molecule is CC(C)C(=O)N1CCCC[C@@H]1c1cc2nc3c(c(=O)n2[nH]1)CN(C(=O)C1CCC1)CC3. The van der Waals surface area contributed by atoms with E-state index >= 15 is 0 Å². The minimum atomic E-state index is -0.130. The summed E-state index contributed by atoms with van der Waals surface area (Å²) in [5.74, 6) is 0.401. The van der Waals surface area contributed by atoms with E-state index in [9.17, 15) is 14.4 Å². The molecule has 31 heavy (non-hydrogen) atoms. The first-order valence-electron chi connectivity index (χ1n) is 11.7. The van der Waals surface area contributed by atoms with Gasteiger partial charge in [0.25, 0.3) is 5.56 Å². The molecule has 166 valence electrons. The third kappa shape index (κ3) is 3.46. The molecule has 0 radical (unpaired) electrons. The van der Waals surface area contributed by atoms with Gasteiger partial charge in [-0.1, -0.05) is 20.3 Å². The maximum atomic E-state index is 13.3. The zero-order valence-electron chi connectivity index (χ0n) is 18.4. The van der Waals surface area contributed by atoms with Gasteiger partial charge in [0.15, 0.2) is 5.65 Å². The molecular weight excluding hydrogens is 394 g/mol. The Morgan fingerprint density at radius 1 is 1.13 bits per heavy atom. The molecule has 8 heteroatoms. The van der Waals surface area contributed by atoms with E-state index in [0.717, 1.165) is 56.5 Å². The summed E-state index contributed by atoms with van der Waals surface area (Å²) in [5.41, 5.74) is 2.74. The molecule has 1 aliphatic carbocycles. The fraction of sp³-hybridized carbons (Fsp3) is 0.652. The number of aromatic nitrogens is 3. The molecule has 0 spiro atoms. The van der Waals surface area contributed by atoms with Gasteiger partial charge in [-0.3, -0.25) is 19.5 Å². The second-order valence-corrected chi connectivity index (χ2v) is 9.58. The van der Waals surface area contributed by atoms with Crippen molar-refractivity contribution in [3.8, 4) is 0 Å². The highest BCUT2D eigenvalue weighted by Gasteiger charge is 2.34. The van der Waals surface area contributed by atoms with Gasteiger partial charge in [0.2, 0.25) is 11.8 Å². The van der Waals surface area contributed by atoms with Gasteiger partial charge >= 0.3 is 0 Å². The highest BCUT2D eigenvalue weighted by atomic mass is 16.2. The molecule has 0 aromatic carbocycles. The third-order valence-electron chi connectivity index (χ3n) is 7.19. The van der Waals surface area contributed by atoms with Gasteiger partial charge in [-0.25, -0.2) is 9.50 Å². The Morgan fingerprint density at radius 2 is 1.94 bits per heavy atom. The lowest BCUT2D eigenvalue weighted by atomic mass is 9.84. The number of hydrogen-bond acceptors (Lipinski definition) is 4. The number of aromatic amines is 1. The van der Waals surface area contributed by atoms with Crippen molar-refractivity contribution in [3.05, 3.63) is 33.4 Å². The van der Waals surface area contributed by atoms with Gasteiger partial charge in [-0.15, -0.1) is 0 Å². The van der Waals surface area contributed by atoms with Crippen molar-refractivity contribution >= 4 is 17.5 Å². The average Bonchev–Trinajstić information content (AvgIpc) is 3.16. The van der Waals surface area contributed by atoms with E-state index in [1.165, 1.54) is 4.52 Å². The summed E-state index contributed by atoms with van der Waals surface area (Å²) >= 11 is 0. The van der Waals surface area contributed by atoms with Crippen molar-refractivity contribution in [3.63, 3.8) is 0 Å². The van der Waals surface area contributed by atoms with Gasteiger partial charge < -0.3 is 9.80 Å². The molecule has 0 unspecified atom stereocenters.